The molecule has 1 atom stereocenters. The molecule has 0 fully saturated rings. The van der Waals surface area contributed by atoms with Crippen LogP contribution in [0.4, 0.5) is 0 Å². The van der Waals surface area contributed by atoms with Crippen LogP contribution in [0.15, 0.2) is 66.7 Å². The standard InChI is InChI=1S/C30H29N3O4/c1-3-4-14-35-23-7-5-6-22(16-23)29-26-27(21-11-8-19(2)9-12-21)31-32-28(26)30(34)33(29)17-20-10-13-24-25(15-20)37-18-36-24/h5-13,15-16,29H,3-4,14,17-18H2,1-2H3,(H,31,32). The largest absolute Gasteiger partial charge is 0.494 e. The van der Waals surface area contributed by atoms with Crippen LogP contribution < -0.4 is 14.2 Å². The second-order valence-electron chi connectivity index (χ2n) is 9.52. The highest BCUT2D eigenvalue weighted by Crippen LogP contribution is 2.44. The Bertz CT molecular complexity index is 1440. The molecule has 3 heterocycles. The summed E-state index contributed by atoms with van der Waals surface area (Å²) >= 11 is 0. The van der Waals surface area contributed by atoms with Crippen molar-refractivity contribution in [1.82, 2.24) is 15.1 Å². The minimum atomic E-state index is -0.322. The van der Waals surface area contributed by atoms with Gasteiger partial charge in [-0.3, -0.25) is 9.89 Å². The molecule has 2 aliphatic rings. The van der Waals surface area contributed by atoms with Crippen molar-refractivity contribution in [3.63, 3.8) is 0 Å². The number of unbranched alkanes of at least 4 members (excludes halogenated alkanes) is 1. The van der Waals surface area contributed by atoms with Crippen molar-refractivity contribution in [3.8, 4) is 28.5 Å². The summed E-state index contributed by atoms with van der Waals surface area (Å²) in [5.74, 6) is 2.14. The van der Waals surface area contributed by atoms with Crippen LogP contribution in [0.25, 0.3) is 11.3 Å². The molecule has 7 nitrogen and oxygen atoms in total. The smallest absolute Gasteiger partial charge is 0.273 e. The van der Waals surface area contributed by atoms with E-state index < -0.39 is 0 Å². The van der Waals surface area contributed by atoms with Crippen molar-refractivity contribution in [3.05, 3.63) is 94.7 Å². The lowest BCUT2D eigenvalue weighted by Gasteiger charge is -2.27. The molecule has 0 saturated heterocycles. The van der Waals surface area contributed by atoms with Gasteiger partial charge in [0.2, 0.25) is 6.79 Å². The van der Waals surface area contributed by atoms with E-state index in [1.807, 2.05) is 41.3 Å². The van der Waals surface area contributed by atoms with Crippen LogP contribution in [0.2, 0.25) is 0 Å². The van der Waals surface area contributed by atoms with E-state index in [1.165, 1.54) is 5.56 Å². The van der Waals surface area contributed by atoms with Crippen LogP contribution in [0.3, 0.4) is 0 Å². The molecule has 0 radical (unpaired) electrons. The fraction of sp³-hybridized carbons (Fsp3) is 0.267. The first-order valence-corrected chi connectivity index (χ1v) is 12.7. The van der Waals surface area contributed by atoms with E-state index in [1.54, 1.807) is 0 Å². The third-order valence-corrected chi connectivity index (χ3v) is 6.92. The van der Waals surface area contributed by atoms with Gasteiger partial charge in [-0.05, 0) is 48.7 Å². The molecule has 0 saturated carbocycles. The number of carbonyl (C=O) groups is 1. The molecule has 0 bridgehead atoms. The summed E-state index contributed by atoms with van der Waals surface area (Å²) in [6, 6.07) is 21.8. The Morgan fingerprint density at radius 1 is 1.05 bits per heavy atom. The van der Waals surface area contributed by atoms with Gasteiger partial charge in [0.25, 0.3) is 5.91 Å². The van der Waals surface area contributed by atoms with Crippen LogP contribution in [0, 0.1) is 6.92 Å². The number of hydrogen-bond donors (Lipinski definition) is 1. The molecular weight excluding hydrogens is 466 g/mol. The number of aromatic nitrogens is 2. The number of aryl methyl sites for hydroxylation is 1. The predicted octanol–water partition coefficient (Wildman–Crippen LogP) is 6.04. The van der Waals surface area contributed by atoms with Gasteiger partial charge in [0.15, 0.2) is 11.5 Å². The van der Waals surface area contributed by atoms with Crippen LogP contribution in [-0.2, 0) is 6.54 Å². The Hall–Kier alpha value is -4.26. The summed E-state index contributed by atoms with van der Waals surface area (Å²) in [5.41, 5.74) is 6.30. The molecule has 0 spiro atoms. The van der Waals surface area contributed by atoms with Gasteiger partial charge in [0, 0.05) is 17.7 Å². The quantitative estimate of drug-likeness (QED) is 0.302. The van der Waals surface area contributed by atoms with Crippen LogP contribution in [0.1, 0.15) is 58.5 Å². The zero-order chi connectivity index (χ0) is 25.4. The lowest BCUT2D eigenvalue weighted by atomic mass is 9.95. The molecule has 0 aliphatic carbocycles. The number of H-pyrrole nitrogens is 1. The van der Waals surface area contributed by atoms with Crippen LogP contribution in [-0.4, -0.2) is 34.4 Å². The molecule has 7 heteroatoms. The second kappa shape index (κ2) is 9.65. The predicted molar refractivity (Wildman–Crippen MR) is 140 cm³/mol. The minimum absolute atomic E-state index is 0.0826. The molecular formula is C30H29N3O4. The average Bonchev–Trinajstić information content (AvgIpc) is 3.62. The van der Waals surface area contributed by atoms with Crippen molar-refractivity contribution in [2.24, 2.45) is 0 Å². The van der Waals surface area contributed by atoms with Crippen molar-refractivity contribution in [2.75, 3.05) is 13.4 Å². The lowest BCUT2D eigenvalue weighted by Crippen LogP contribution is -2.29. The molecule has 37 heavy (non-hydrogen) atoms. The van der Waals surface area contributed by atoms with E-state index in [-0.39, 0.29) is 18.7 Å². The van der Waals surface area contributed by atoms with Gasteiger partial charge in [-0.15, -0.1) is 0 Å². The third kappa shape index (κ3) is 4.31. The van der Waals surface area contributed by atoms with Crippen molar-refractivity contribution in [2.45, 2.75) is 39.3 Å². The van der Waals surface area contributed by atoms with Gasteiger partial charge in [-0.25, -0.2) is 0 Å². The Labute approximate surface area is 216 Å². The van der Waals surface area contributed by atoms with E-state index >= 15 is 0 Å². The SMILES string of the molecule is CCCCOc1cccc(C2c3c(-c4ccc(C)cc4)n[nH]c3C(=O)N2Cc2ccc3c(c2)OCO3)c1. The maximum atomic E-state index is 13.8. The number of benzene rings is 3. The van der Waals surface area contributed by atoms with E-state index in [0.29, 0.717) is 24.6 Å². The normalized spacial score (nSPS) is 15.8. The summed E-state index contributed by atoms with van der Waals surface area (Å²) in [7, 11) is 0. The summed E-state index contributed by atoms with van der Waals surface area (Å²) in [4.78, 5) is 15.7. The molecule has 1 amide bonds. The molecule has 4 aromatic rings. The highest BCUT2D eigenvalue weighted by Gasteiger charge is 2.42. The third-order valence-electron chi connectivity index (χ3n) is 6.92. The first-order chi connectivity index (χ1) is 18.1. The zero-order valence-electron chi connectivity index (χ0n) is 21.0. The van der Waals surface area contributed by atoms with Crippen molar-refractivity contribution in [1.29, 1.82) is 0 Å². The van der Waals surface area contributed by atoms with Gasteiger partial charge < -0.3 is 19.1 Å². The molecule has 3 aromatic carbocycles. The maximum Gasteiger partial charge on any atom is 0.273 e. The zero-order valence-corrected chi connectivity index (χ0v) is 21.0. The Kier molecular flexibility index (Phi) is 6.04. The fourth-order valence-electron chi connectivity index (χ4n) is 4.98. The maximum absolute atomic E-state index is 13.8. The molecule has 1 unspecified atom stereocenters. The Morgan fingerprint density at radius 2 is 1.89 bits per heavy atom. The Morgan fingerprint density at radius 3 is 2.73 bits per heavy atom. The van der Waals surface area contributed by atoms with Crippen molar-refractivity contribution >= 4 is 5.91 Å². The molecule has 6 rings (SSSR count). The number of ether oxygens (including phenoxy) is 3. The van der Waals surface area contributed by atoms with E-state index in [9.17, 15) is 4.79 Å². The van der Waals surface area contributed by atoms with Crippen molar-refractivity contribution < 1.29 is 19.0 Å². The number of fused-ring (bicyclic) bond motifs is 2. The first-order valence-electron chi connectivity index (χ1n) is 12.7. The average molecular weight is 496 g/mol. The van der Waals surface area contributed by atoms with Crippen LogP contribution in [0.5, 0.6) is 17.2 Å². The number of hydrogen-bond acceptors (Lipinski definition) is 5. The van der Waals surface area contributed by atoms with Gasteiger partial charge in [0.05, 0.1) is 18.3 Å². The van der Waals surface area contributed by atoms with Gasteiger partial charge in [-0.1, -0.05) is 61.4 Å². The first kappa shape index (κ1) is 23.2. The van der Waals surface area contributed by atoms with E-state index in [4.69, 9.17) is 14.2 Å². The topological polar surface area (TPSA) is 76.7 Å². The van der Waals surface area contributed by atoms with Crippen LogP contribution >= 0.6 is 0 Å². The monoisotopic (exact) mass is 495 g/mol. The molecule has 1 aromatic heterocycles. The van der Waals surface area contributed by atoms with E-state index in [2.05, 4.69) is 54.4 Å². The number of amides is 1. The number of nitrogens with one attached hydrogen (secondary N) is 1. The number of nitrogens with zero attached hydrogens (tertiary/aromatic N) is 2. The Balaban J connectivity index is 1.42. The van der Waals surface area contributed by atoms with Gasteiger partial charge in [0.1, 0.15) is 11.4 Å². The number of aromatic amines is 1. The number of rotatable bonds is 8. The highest BCUT2D eigenvalue weighted by molar-refractivity contribution is 6.00. The minimum Gasteiger partial charge on any atom is -0.494 e. The molecule has 188 valence electrons. The summed E-state index contributed by atoms with van der Waals surface area (Å²) < 4.78 is 17.1. The van der Waals surface area contributed by atoms with E-state index in [0.717, 1.165) is 52.3 Å². The number of carbonyl (C=O) groups excluding carboxylic acids is 1. The lowest BCUT2D eigenvalue weighted by molar-refractivity contribution is 0.0729. The summed E-state index contributed by atoms with van der Waals surface area (Å²) in [6.45, 7) is 5.49. The van der Waals surface area contributed by atoms with Gasteiger partial charge in [-0.2, -0.15) is 5.10 Å². The second-order valence-corrected chi connectivity index (χ2v) is 9.52. The highest BCUT2D eigenvalue weighted by atomic mass is 16.7. The summed E-state index contributed by atoms with van der Waals surface area (Å²) in [6.07, 6.45) is 2.06. The molecule has 1 N–H and O–H groups in total. The summed E-state index contributed by atoms with van der Waals surface area (Å²) in [5, 5.41) is 7.64. The van der Waals surface area contributed by atoms with Gasteiger partial charge >= 0.3 is 0 Å². The molecule has 2 aliphatic heterocycles. The fourth-order valence-corrected chi connectivity index (χ4v) is 4.98.